The highest BCUT2D eigenvalue weighted by molar-refractivity contribution is 14.0. The van der Waals surface area contributed by atoms with Gasteiger partial charge in [-0.05, 0) is 43.5 Å². The minimum absolute atomic E-state index is 0. The third-order valence-electron chi connectivity index (χ3n) is 3.39. The zero-order chi connectivity index (χ0) is 16.5. The fraction of sp³-hybridized carbons (Fsp3) is 0.333. The summed E-state index contributed by atoms with van der Waals surface area (Å²) in [7, 11) is 0. The topological polar surface area (TPSA) is 49.3 Å². The van der Waals surface area contributed by atoms with E-state index in [0.29, 0.717) is 6.54 Å². The van der Waals surface area contributed by atoms with Gasteiger partial charge in [0.1, 0.15) is 0 Å². The van der Waals surface area contributed by atoms with Gasteiger partial charge in [-0.2, -0.15) is 0 Å². The summed E-state index contributed by atoms with van der Waals surface area (Å²) < 4.78 is 0. The molecule has 6 heteroatoms. The van der Waals surface area contributed by atoms with Crippen molar-refractivity contribution in [2.45, 2.75) is 26.8 Å². The van der Waals surface area contributed by atoms with Gasteiger partial charge in [0.2, 0.25) is 0 Å². The third kappa shape index (κ3) is 7.05. The average molecular weight is 459 g/mol. The van der Waals surface area contributed by atoms with Crippen LogP contribution in [0, 0.1) is 6.92 Å². The van der Waals surface area contributed by atoms with Crippen LogP contribution in [-0.4, -0.2) is 24.0 Å². The molecule has 1 aromatic carbocycles. The summed E-state index contributed by atoms with van der Waals surface area (Å²) in [6.45, 7) is 6.23. The maximum absolute atomic E-state index is 6.16. The highest BCUT2D eigenvalue weighted by Gasteiger charge is 2.01. The molecule has 0 unspecified atom stereocenters. The Morgan fingerprint density at radius 2 is 1.96 bits per heavy atom. The van der Waals surface area contributed by atoms with Gasteiger partial charge in [-0.1, -0.05) is 35.9 Å². The van der Waals surface area contributed by atoms with Gasteiger partial charge in [0, 0.05) is 30.0 Å². The van der Waals surface area contributed by atoms with Gasteiger partial charge in [0.05, 0.1) is 6.54 Å². The minimum Gasteiger partial charge on any atom is -0.357 e. The Labute approximate surface area is 166 Å². The van der Waals surface area contributed by atoms with Crippen molar-refractivity contribution in [3.05, 3.63) is 64.4 Å². The molecule has 0 fully saturated rings. The molecule has 0 amide bonds. The average Bonchev–Trinajstić information content (AvgIpc) is 2.56. The molecule has 24 heavy (non-hydrogen) atoms. The number of hydrogen-bond donors (Lipinski definition) is 2. The van der Waals surface area contributed by atoms with E-state index in [-0.39, 0.29) is 24.0 Å². The van der Waals surface area contributed by atoms with E-state index in [9.17, 15) is 0 Å². The van der Waals surface area contributed by atoms with Gasteiger partial charge in [-0.25, -0.2) is 4.99 Å². The normalized spacial score (nSPS) is 10.9. The van der Waals surface area contributed by atoms with Crippen molar-refractivity contribution in [2.24, 2.45) is 4.99 Å². The summed E-state index contributed by atoms with van der Waals surface area (Å²) in [5.74, 6) is 0.799. The lowest BCUT2D eigenvalue weighted by molar-refractivity contribution is 0.797. The Kier molecular flexibility index (Phi) is 9.71. The highest BCUT2D eigenvalue weighted by Crippen LogP contribution is 2.15. The Balaban J connectivity index is 0.00000288. The fourth-order valence-electron chi connectivity index (χ4n) is 2.10. The van der Waals surface area contributed by atoms with Crippen LogP contribution < -0.4 is 10.6 Å². The summed E-state index contributed by atoms with van der Waals surface area (Å²) in [5.41, 5.74) is 3.27. The van der Waals surface area contributed by atoms with Gasteiger partial charge in [0.25, 0.3) is 0 Å². The quantitative estimate of drug-likeness (QED) is 0.391. The van der Waals surface area contributed by atoms with Crippen LogP contribution in [0.4, 0.5) is 0 Å². The number of guanidine groups is 1. The zero-order valence-corrected chi connectivity index (χ0v) is 17.1. The minimum atomic E-state index is 0. The molecule has 0 radical (unpaired) electrons. The van der Waals surface area contributed by atoms with Crippen molar-refractivity contribution in [1.82, 2.24) is 15.6 Å². The van der Waals surface area contributed by atoms with Gasteiger partial charge >= 0.3 is 0 Å². The predicted octanol–water partition coefficient (Wildman–Crippen LogP) is 3.96. The molecule has 0 aliphatic heterocycles. The number of benzene rings is 1. The van der Waals surface area contributed by atoms with Crippen molar-refractivity contribution in [2.75, 3.05) is 13.1 Å². The van der Waals surface area contributed by atoms with Gasteiger partial charge in [0.15, 0.2) is 5.96 Å². The molecule has 2 rings (SSSR count). The molecule has 0 saturated heterocycles. The van der Waals surface area contributed by atoms with Gasteiger partial charge in [-0.15, -0.1) is 24.0 Å². The maximum atomic E-state index is 6.16. The van der Waals surface area contributed by atoms with Crippen LogP contribution in [0.3, 0.4) is 0 Å². The van der Waals surface area contributed by atoms with Crippen molar-refractivity contribution in [3.63, 3.8) is 0 Å². The molecular weight excluding hydrogens is 435 g/mol. The number of aryl methyl sites for hydroxylation is 1. The molecule has 2 N–H and O–H groups in total. The summed E-state index contributed by atoms with van der Waals surface area (Å²) in [6, 6.07) is 11.9. The zero-order valence-electron chi connectivity index (χ0n) is 14.1. The molecule has 0 atom stereocenters. The molecule has 1 aromatic heterocycles. The van der Waals surface area contributed by atoms with E-state index >= 15 is 0 Å². The van der Waals surface area contributed by atoms with Crippen LogP contribution in [0.25, 0.3) is 0 Å². The lowest BCUT2D eigenvalue weighted by Gasteiger charge is -2.11. The Morgan fingerprint density at radius 3 is 2.62 bits per heavy atom. The molecule has 0 saturated carbocycles. The number of pyridine rings is 1. The van der Waals surface area contributed by atoms with Crippen LogP contribution in [0.1, 0.15) is 23.7 Å². The summed E-state index contributed by atoms with van der Waals surface area (Å²) in [6.07, 6.45) is 2.83. The molecule has 0 spiro atoms. The molecule has 0 bridgehead atoms. The SMILES string of the molecule is CCNC(=NCc1ccccc1Cl)NCCc1ccc(C)nc1.I. The number of nitrogens with zero attached hydrogens (tertiary/aromatic N) is 2. The lowest BCUT2D eigenvalue weighted by Crippen LogP contribution is -2.38. The van der Waals surface area contributed by atoms with Crippen molar-refractivity contribution >= 4 is 41.5 Å². The van der Waals surface area contributed by atoms with E-state index in [4.69, 9.17) is 11.6 Å². The van der Waals surface area contributed by atoms with E-state index in [0.717, 1.165) is 41.7 Å². The Hall–Kier alpha value is -1.34. The first-order valence-electron chi connectivity index (χ1n) is 7.86. The van der Waals surface area contributed by atoms with Crippen LogP contribution >= 0.6 is 35.6 Å². The van der Waals surface area contributed by atoms with E-state index in [2.05, 4.69) is 33.6 Å². The van der Waals surface area contributed by atoms with Crippen molar-refractivity contribution in [1.29, 1.82) is 0 Å². The number of nitrogens with one attached hydrogen (secondary N) is 2. The maximum Gasteiger partial charge on any atom is 0.191 e. The second kappa shape index (κ2) is 11.3. The molecule has 4 nitrogen and oxygen atoms in total. The molecule has 130 valence electrons. The molecule has 1 heterocycles. The van der Waals surface area contributed by atoms with Crippen LogP contribution in [0.2, 0.25) is 5.02 Å². The van der Waals surface area contributed by atoms with E-state index in [1.807, 2.05) is 43.5 Å². The monoisotopic (exact) mass is 458 g/mol. The summed E-state index contributed by atoms with van der Waals surface area (Å²) in [5, 5.41) is 7.34. The number of hydrogen-bond acceptors (Lipinski definition) is 2. The molecular formula is C18H24ClIN4. The first-order valence-corrected chi connectivity index (χ1v) is 8.24. The number of rotatable bonds is 6. The Bertz CT molecular complexity index is 644. The first kappa shape index (κ1) is 20.7. The number of aromatic nitrogens is 1. The van der Waals surface area contributed by atoms with Gasteiger partial charge in [-0.3, -0.25) is 4.98 Å². The number of aliphatic imine (C=N–C) groups is 1. The standard InChI is InChI=1S/C18H23ClN4.HI/c1-3-20-18(23-13-16-6-4-5-7-17(16)19)21-11-10-15-9-8-14(2)22-12-15;/h4-9,12H,3,10-11,13H2,1-2H3,(H2,20,21,23);1H. The van der Waals surface area contributed by atoms with Crippen molar-refractivity contribution in [3.8, 4) is 0 Å². The summed E-state index contributed by atoms with van der Waals surface area (Å²) in [4.78, 5) is 8.89. The fourth-order valence-corrected chi connectivity index (χ4v) is 2.30. The largest absolute Gasteiger partial charge is 0.357 e. The number of halogens is 2. The van der Waals surface area contributed by atoms with Gasteiger partial charge < -0.3 is 10.6 Å². The molecule has 2 aromatic rings. The lowest BCUT2D eigenvalue weighted by atomic mass is 10.2. The first-order chi connectivity index (χ1) is 11.2. The highest BCUT2D eigenvalue weighted by atomic mass is 127. The molecule has 0 aliphatic rings. The predicted molar refractivity (Wildman–Crippen MR) is 112 cm³/mol. The smallest absolute Gasteiger partial charge is 0.191 e. The Morgan fingerprint density at radius 1 is 1.17 bits per heavy atom. The van der Waals surface area contributed by atoms with Crippen LogP contribution in [0.15, 0.2) is 47.6 Å². The van der Waals surface area contributed by atoms with Crippen LogP contribution in [0.5, 0.6) is 0 Å². The van der Waals surface area contributed by atoms with E-state index in [1.165, 1.54) is 5.56 Å². The third-order valence-corrected chi connectivity index (χ3v) is 3.76. The second-order valence-corrected chi connectivity index (χ2v) is 5.68. The second-order valence-electron chi connectivity index (χ2n) is 5.27. The van der Waals surface area contributed by atoms with E-state index < -0.39 is 0 Å². The van der Waals surface area contributed by atoms with Crippen molar-refractivity contribution < 1.29 is 0 Å². The summed E-state index contributed by atoms with van der Waals surface area (Å²) >= 11 is 6.16. The van der Waals surface area contributed by atoms with Crippen LogP contribution in [-0.2, 0) is 13.0 Å². The van der Waals surface area contributed by atoms with E-state index in [1.54, 1.807) is 0 Å². The molecule has 0 aliphatic carbocycles.